The van der Waals surface area contributed by atoms with Crippen LogP contribution >= 0.6 is 0 Å². The first-order chi connectivity index (χ1) is 1.41. The summed E-state index contributed by atoms with van der Waals surface area (Å²) in [7, 11) is 0. The van der Waals surface area contributed by atoms with E-state index in [4.69, 9.17) is 0 Å². The van der Waals surface area contributed by atoms with Gasteiger partial charge in [0.15, 0.2) is 0 Å². The molecule has 0 unspecified atom stereocenters. The minimum absolute atomic E-state index is 0. The highest BCUT2D eigenvalue weighted by molar-refractivity contribution is 4.51. The fraction of sp³-hybridized carbons (Fsp3) is 0.250. The van der Waals surface area contributed by atoms with Gasteiger partial charge in [0.2, 0.25) is 0 Å². The van der Waals surface area contributed by atoms with E-state index < -0.39 is 0 Å². The zero-order chi connectivity index (χ0) is 2.71. The second kappa shape index (κ2) is 21.5. The highest BCUT2D eigenvalue weighted by atomic mass is 13.0. The quantitative estimate of drug-likeness (QED) is 0.370. The molecule has 0 aromatic carbocycles. The van der Waals surface area contributed by atoms with E-state index in [-0.39, 0.29) is 7.43 Å². The van der Waals surface area contributed by atoms with Gasteiger partial charge >= 0.3 is 0 Å². The van der Waals surface area contributed by atoms with E-state index in [0.717, 1.165) is 0 Å². The molecule has 0 atom stereocenters. The summed E-state index contributed by atoms with van der Waals surface area (Å²) in [5.74, 6) is 0. The maximum atomic E-state index is 3.12. The van der Waals surface area contributed by atoms with Crippen LogP contribution in [0, 0.1) is 0 Å². The highest BCUT2D eigenvalue weighted by Gasteiger charge is 0.904. The molecular formula is C4H8. The van der Waals surface area contributed by atoms with Crippen LogP contribution in [-0.4, -0.2) is 0 Å². The fourth-order valence-electron chi connectivity index (χ4n) is 0. The molecule has 0 aliphatic heterocycles. The van der Waals surface area contributed by atoms with Crippen molar-refractivity contribution in [1.82, 2.24) is 0 Å². The lowest BCUT2D eigenvalue weighted by atomic mass is 11.0. The molecule has 0 aliphatic carbocycles. The summed E-state index contributed by atoms with van der Waals surface area (Å²) in [6.07, 6.45) is 0. The minimum Gasteiger partial charge on any atom is -0.137 e. The molecule has 4 heavy (non-hydrogen) atoms. The Labute approximate surface area is 27.5 Å². The normalized spacial score (nSPS) is 2.00. The van der Waals surface area contributed by atoms with E-state index >= 15 is 0 Å². The van der Waals surface area contributed by atoms with Crippen molar-refractivity contribution in [1.29, 1.82) is 0 Å². The van der Waals surface area contributed by atoms with Gasteiger partial charge in [-0.2, -0.15) is 0 Å². The summed E-state index contributed by atoms with van der Waals surface area (Å²) < 4.78 is 0. The molecule has 0 amide bonds. The average Bonchev–Trinajstić information content (AvgIpc) is 0.918. The van der Waals surface area contributed by atoms with Gasteiger partial charge in [0, 0.05) is 0 Å². The first kappa shape index (κ1) is 9.68. The van der Waals surface area contributed by atoms with E-state index in [1.165, 1.54) is 0 Å². The zero-order valence-electron chi connectivity index (χ0n) is 1.91. The Hall–Kier alpha value is -0.480. The Morgan fingerprint density at radius 2 is 1.25 bits per heavy atom. The van der Waals surface area contributed by atoms with Crippen LogP contribution in [0.1, 0.15) is 7.43 Å². The van der Waals surface area contributed by atoms with E-state index in [0.29, 0.717) is 0 Å². The summed E-state index contributed by atoms with van der Waals surface area (Å²) in [6.45, 7) is 6.25. The van der Waals surface area contributed by atoms with Gasteiger partial charge < -0.3 is 0 Å². The lowest BCUT2D eigenvalue weighted by Crippen LogP contribution is -0.844. The topological polar surface area (TPSA) is 0 Å². The van der Waals surface area contributed by atoms with Gasteiger partial charge in [0.05, 0.1) is 0 Å². The van der Waals surface area contributed by atoms with Gasteiger partial charge in [-0.15, -0.1) is 5.73 Å². The van der Waals surface area contributed by atoms with Gasteiger partial charge in [-0.3, -0.25) is 0 Å². The van der Waals surface area contributed by atoms with Crippen molar-refractivity contribution in [3.63, 3.8) is 0 Å². The third kappa shape index (κ3) is 1.78. The summed E-state index contributed by atoms with van der Waals surface area (Å²) in [5, 5.41) is 0. The molecule has 0 N–H and O–H groups in total. The second-order valence-corrected chi connectivity index (χ2v) is 0.250. The lowest BCUT2D eigenvalue weighted by molar-refractivity contribution is 2.50. The van der Waals surface area contributed by atoms with Crippen molar-refractivity contribution in [2.24, 2.45) is 0 Å². The smallest absolute Gasteiger partial charge is 0.0572 e. The van der Waals surface area contributed by atoms with Crippen molar-refractivity contribution in [3.05, 3.63) is 18.9 Å². The SMILES string of the molecule is C.C=C=C. The Kier molecular flexibility index (Phi) is 52.1. The van der Waals surface area contributed by atoms with Gasteiger partial charge in [-0.25, -0.2) is 0 Å². The number of hydrogen-bond donors (Lipinski definition) is 0. The van der Waals surface area contributed by atoms with Gasteiger partial charge in [-0.05, 0) is 0 Å². The minimum atomic E-state index is 0. The van der Waals surface area contributed by atoms with E-state index in [2.05, 4.69) is 18.9 Å². The molecule has 0 aliphatic rings. The molecule has 0 fully saturated rings. The standard InChI is InChI=1S/C3H4.CH4/c1-3-2;/h1-2H2;1H4. The first-order valence-corrected chi connectivity index (χ1v) is 0.707. The van der Waals surface area contributed by atoms with Gasteiger partial charge in [0.25, 0.3) is 0 Å². The third-order valence-electron chi connectivity index (χ3n) is 0. The highest BCUT2D eigenvalue weighted by Crippen LogP contribution is 1.16. The summed E-state index contributed by atoms with van der Waals surface area (Å²) in [6, 6.07) is 0. The summed E-state index contributed by atoms with van der Waals surface area (Å²) in [5.41, 5.74) is 2.25. The third-order valence-corrected chi connectivity index (χ3v) is 0. The Morgan fingerprint density at radius 1 is 1.25 bits per heavy atom. The maximum absolute atomic E-state index is 3.12. The van der Waals surface area contributed by atoms with Crippen LogP contribution in [0.15, 0.2) is 18.9 Å². The molecule has 0 heterocycles. The molecule has 0 radical (unpaired) electrons. The second-order valence-electron chi connectivity index (χ2n) is 0.250. The average molecular weight is 56.1 g/mol. The van der Waals surface area contributed by atoms with Crippen molar-refractivity contribution in [2.45, 2.75) is 7.43 Å². The van der Waals surface area contributed by atoms with Crippen LogP contribution < -0.4 is 0 Å². The molecule has 0 saturated heterocycles. The molecule has 0 nitrogen and oxygen atoms in total. The largest absolute Gasteiger partial charge is 0.137 e. The van der Waals surface area contributed by atoms with Crippen LogP contribution in [0.3, 0.4) is 0 Å². The van der Waals surface area contributed by atoms with Crippen LogP contribution in [0.4, 0.5) is 0 Å². The molecule has 0 rings (SSSR count). The lowest BCUT2D eigenvalue weighted by Gasteiger charge is -1.10. The van der Waals surface area contributed by atoms with E-state index in [1.54, 1.807) is 0 Å². The van der Waals surface area contributed by atoms with Crippen LogP contribution in [-0.2, 0) is 0 Å². The van der Waals surface area contributed by atoms with Crippen molar-refractivity contribution in [3.8, 4) is 0 Å². The molecule has 24 valence electrons. The summed E-state index contributed by atoms with van der Waals surface area (Å²) in [4.78, 5) is 0. The van der Waals surface area contributed by atoms with Crippen LogP contribution in [0.5, 0.6) is 0 Å². The molecule has 0 aromatic rings. The molecule has 0 heteroatoms. The van der Waals surface area contributed by atoms with Gasteiger partial charge in [-0.1, -0.05) is 20.6 Å². The maximum Gasteiger partial charge on any atom is -0.0572 e. The van der Waals surface area contributed by atoms with Gasteiger partial charge in [0.1, 0.15) is 0 Å². The molecule has 0 saturated carbocycles. The monoisotopic (exact) mass is 56.1 g/mol. The Morgan fingerprint density at radius 3 is 1.25 bits per heavy atom. The summed E-state index contributed by atoms with van der Waals surface area (Å²) >= 11 is 0. The fourth-order valence-corrected chi connectivity index (χ4v) is 0. The zero-order valence-corrected chi connectivity index (χ0v) is 1.91. The number of hydrogen-bond acceptors (Lipinski definition) is 0. The van der Waals surface area contributed by atoms with Crippen LogP contribution in [0.25, 0.3) is 0 Å². The van der Waals surface area contributed by atoms with E-state index in [9.17, 15) is 0 Å². The van der Waals surface area contributed by atoms with Crippen LogP contribution in [0.2, 0.25) is 0 Å². The predicted octanol–water partition coefficient (Wildman–Crippen LogP) is 1.59. The predicted molar refractivity (Wildman–Crippen MR) is 21.5 cm³/mol. The Balaban J connectivity index is 0. The molecule has 0 spiro atoms. The molecular weight excluding hydrogens is 48.0 g/mol. The van der Waals surface area contributed by atoms with E-state index in [1.807, 2.05) is 0 Å². The Bertz CT molecular complexity index is 21.0. The van der Waals surface area contributed by atoms with Crippen molar-refractivity contribution >= 4 is 0 Å². The first-order valence-electron chi connectivity index (χ1n) is 0.707. The van der Waals surface area contributed by atoms with Crippen molar-refractivity contribution in [2.75, 3.05) is 0 Å². The van der Waals surface area contributed by atoms with Crippen molar-refractivity contribution < 1.29 is 0 Å². The molecule has 0 bridgehead atoms. The molecule has 0 aromatic heterocycles. The number of rotatable bonds is 0.